The van der Waals surface area contributed by atoms with E-state index in [-0.39, 0.29) is 0 Å². The molecule has 0 unspecified atom stereocenters. The van der Waals surface area contributed by atoms with Crippen molar-refractivity contribution in [3.05, 3.63) is 0 Å². The molecule has 0 spiro atoms. The van der Waals surface area contributed by atoms with E-state index in [4.69, 9.17) is 0 Å². The highest BCUT2D eigenvalue weighted by Crippen LogP contribution is 2.28. The smallest absolute Gasteiger partial charge is 0.119 e. The quantitative estimate of drug-likeness (QED) is 0.310. The van der Waals surface area contributed by atoms with Crippen LogP contribution in [0.15, 0.2) is 0 Å². The van der Waals surface area contributed by atoms with Gasteiger partial charge in [0.05, 0.1) is 0 Å². The van der Waals surface area contributed by atoms with Gasteiger partial charge in [-0.15, -0.1) is 0 Å². The molecule has 0 aromatic carbocycles. The van der Waals surface area contributed by atoms with Crippen molar-refractivity contribution >= 4 is 6.29 Å². The molecule has 0 amide bonds. The summed E-state index contributed by atoms with van der Waals surface area (Å²) in [5.41, 5.74) is 0. The number of carbonyl (C=O) groups is 1. The SMILES string of the molecule is O=CCCCCCCCCCCCC1CCCCC1. The average molecular weight is 266 g/mol. The van der Waals surface area contributed by atoms with E-state index in [0.29, 0.717) is 0 Å². The number of carbonyl (C=O) groups excluding carboxylic acids is 1. The molecule has 0 atom stereocenters. The van der Waals surface area contributed by atoms with Crippen LogP contribution in [0.1, 0.15) is 103 Å². The molecule has 1 aliphatic carbocycles. The molecule has 0 aromatic heterocycles. The lowest BCUT2D eigenvalue weighted by Gasteiger charge is -2.21. The minimum absolute atomic E-state index is 0.765. The number of hydrogen-bond acceptors (Lipinski definition) is 1. The summed E-state index contributed by atoms with van der Waals surface area (Å²) in [4.78, 5) is 10.2. The molecular formula is C18H34O. The van der Waals surface area contributed by atoms with Gasteiger partial charge in [-0.3, -0.25) is 0 Å². The second-order valence-electron chi connectivity index (χ2n) is 6.43. The highest BCUT2D eigenvalue weighted by molar-refractivity contribution is 5.48. The van der Waals surface area contributed by atoms with Crippen molar-refractivity contribution in [3.8, 4) is 0 Å². The second kappa shape index (κ2) is 12.7. The summed E-state index contributed by atoms with van der Waals surface area (Å²) in [6.45, 7) is 0. The van der Waals surface area contributed by atoms with E-state index in [1.807, 2.05) is 0 Å². The lowest BCUT2D eigenvalue weighted by molar-refractivity contribution is -0.107. The largest absolute Gasteiger partial charge is 0.303 e. The molecule has 112 valence electrons. The van der Waals surface area contributed by atoms with Crippen LogP contribution in [0, 0.1) is 5.92 Å². The molecule has 1 fully saturated rings. The molecule has 1 heteroatoms. The molecule has 0 saturated heterocycles. The Morgan fingerprint density at radius 2 is 1.21 bits per heavy atom. The highest BCUT2D eigenvalue weighted by atomic mass is 16.1. The normalized spacial score (nSPS) is 16.6. The minimum Gasteiger partial charge on any atom is -0.303 e. The molecule has 19 heavy (non-hydrogen) atoms. The molecule has 0 N–H and O–H groups in total. The molecule has 1 saturated carbocycles. The van der Waals surface area contributed by atoms with E-state index in [1.54, 1.807) is 0 Å². The standard InChI is InChI=1S/C18H34O/c19-17-13-8-6-4-2-1-3-5-7-10-14-18-15-11-9-12-16-18/h17-18H,1-16H2. The number of aldehydes is 1. The Morgan fingerprint density at radius 3 is 1.79 bits per heavy atom. The van der Waals surface area contributed by atoms with Crippen LogP contribution in [0.5, 0.6) is 0 Å². The summed E-state index contributed by atoms with van der Waals surface area (Å²) in [6, 6.07) is 0. The van der Waals surface area contributed by atoms with Crippen molar-refractivity contribution < 1.29 is 4.79 Å². The van der Waals surface area contributed by atoms with E-state index in [9.17, 15) is 4.79 Å². The first-order chi connectivity index (χ1) is 9.43. The Bertz CT molecular complexity index is 194. The lowest BCUT2D eigenvalue weighted by atomic mass is 9.85. The maximum Gasteiger partial charge on any atom is 0.119 e. The minimum atomic E-state index is 0.765. The summed E-state index contributed by atoms with van der Waals surface area (Å²) >= 11 is 0. The number of unbranched alkanes of at least 4 members (excludes halogenated alkanes) is 9. The summed E-state index contributed by atoms with van der Waals surface area (Å²) in [6.07, 6.45) is 23.1. The first kappa shape index (κ1) is 16.7. The molecule has 1 rings (SSSR count). The van der Waals surface area contributed by atoms with Gasteiger partial charge in [0.25, 0.3) is 0 Å². The van der Waals surface area contributed by atoms with Gasteiger partial charge in [-0.25, -0.2) is 0 Å². The van der Waals surface area contributed by atoms with Crippen LogP contribution < -0.4 is 0 Å². The van der Waals surface area contributed by atoms with Gasteiger partial charge in [0, 0.05) is 6.42 Å². The van der Waals surface area contributed by atoms with Crippen LogP contribution in [0.4, 0.5) is 0 Å². The van der Waals surface area contributed by atoms with E-state index in [1.165, 1.54) is 89.9 Å². The molecule has 0 radical (unpaired) electrons. The van der Waals surface area contributed by atoms with Crippen LogP contribution in [0.3, 0.4) is 0 Å². The molecule has 1 aliphatic rings. The monoisotopic (exact) mass is 266 g/mol. The van der Waals surface area contributed by atoms with Gasteiger partial charge in [-0.2, -0.15) is 0 Å². The van der Waals surface area contributed by atoms with E-state index >= 15 is 0 Å². The van der Waals surface area contributed by atoms with Crippen molar-refractivity contribution in [1.29, 1.82) is 0 Å². The van der Waals surface area contributed by atoms with E-state index in [0.717, 1.165) is 25.0 Å². The van der Waals surface area contributed by atoms with E-state index in [2.05, 4.69) is 0 Å². The maximum atomic E-state index is 10.2. The van der Waals surface area contributed by atoms with Gasteiger partial charge in [-0.05, 0) is 12.3 Å². The third-order valence-corrected chi connectivity index (χ3v) is 4.66. The molecule has 1 nitrogen and oxygen atoms in total. The molecule has 0 aromatic rings. The number of rotatable bonds is 12. The van der Waals surface area contributed by atoms with Gasteiger partial charge in [0.1, 0.15) is 6.29 Å². The fraction of sp³-hybridized carbons (Fsp3) is 0.944. The van der Waals surface area contributed by atoms with Gasteiger partial charge >= 0.3 is 0 Å². The zero-order valence-electron chi connectivity index (χ0n) is 12.9. The third-order valence-electron chi connectivity index (χ3n) is 4.66. The van der Waals surface area contributed by atoms with Crippen LogP contribution in [0.2, 0.25) is 0 Å². The third kappa shape index (κ3) is 10.2. The van der Waals surface area contributed by atoms with Gasteiger partial charge < -0.3 is 4.79 Å². The first-order valence-corrected chi connectivity index (χ1v) is 8.87. The Labute approximate surface area is 120 Å². The van der Waals surface area contributed by atoms with Crippen LogP contribution in [-0.2, 0) is 4.79 Å². The fourth-order valence-electron chi connectivity index (χ4n) is 3.37. The predicted octanol–water partition coefficient (Wildman–Crippen LogP) is 6.06. The van der Waals surface area contributed by atoms with Crippen LogP contribution in [0.25, 0.3) is 0 Å². The summed E-state index contributed by atoms with van der Waals surface area (Å²) < 4.78 is 0. The van der Waals surface area contributed by atoms with Gasteiger partial charge in [0.15, 0.2) is 0 Å². The fourth-order valence-corrected chi connectivity index (χ4v) is 3.37. The predicted molar refractivity (Wildman–Crippen MR) is 83.4 cm³/mol. The maximum absolute atomic E-state index is 10.2. The topological polar surface area (TPSA) is 17.1 Å². The van der Waals surface area contributed by atoms with Crippen molar-refractivity contribution in [1.82, 2.24) is 0 Å². The molecule has 0 bridgehead atoms. The zero-order chi connectivity index (χ0) is 13.6. The lowest BCUT2D eigenvalue weighted by Crippen LogP contribution is -2.05. The van der Waals surface area contributed by atoms with Crippen molar-refractivity contribution in [2.75, 3.05) is 0 Å². The van der Waals surface area contributed by atoms with Crippen molar-refractivity contribution in [2.24, 2.45) is 5.92 Å². The molecular weight excluding hydrogens is 232 g/mol. The van der Waals surface area contributed by atoms with Gasteiger partial charge in [-0.1, -0.05) is 89.9 Å². The molecule has 0 heterocycles. The Kier molecular flexibility index (Phi) is 11.2. The summed E-state index contributed by atoms with van der Waals surface area (Å²) in [5, 5.41) is 0. The Balaban J connectivity index is 1.72. The van der Waals surface area contributed by atoms with Crippen molar-refractivity contribution in [3.63, 3.8) is 0 Å². The Hall–Kier alpha value is -0.330. The van der Waals surface area contributed by atoms with Crippen LogP contribution in [-0.4, -0.2) is 6.29 Å². The van der Waals surface area contributed by atoms with Crippen molar-refractivity contribution in [2.45, 2.75) is 103 Å². The Morgan fingerprint density at radius 1 is 0.684 bits per heavy atom. The number of hydrogen-bond donors (Lipinski definition) is 0. The summed E-state index contributed by atoms with van der Waals surface area (Å²) in [7, 11) is 0. The summed E-state index contributed by atoms with van der Waals surface area (Å²) in [5.74, 6) is 1.08. The molecule has 0 aliphatic heterocycles. The van der Waals surface area contributed by atoms with E-state index < -0.39 is 0 Å². The second-order valence-corrected chi connectivity index (χ2v) is 6.43. The van der Waals surface area contributed by atoms with Gasteiger partial charge in [0.2, 0.25) is 0 Å². The highest BCUT2D eigenvalue weighted by Gasteiger charge is 2.12. The first-order valence-electron chi connectivity index (χ1n) is 8.87. The van der Waals surface area contributed by atoms with Crippen LogP contribution >= 0.6 is 0 Å². The average Bonchev–Trinajstić information content (AvgIpc) is 2.46. The zero-order valence-corrected chi connectivity index (χ0v) is 12.9.